The summed E-state index contributed by atoms with van der Waals surface area (Å²) in [7, 11) is 0. The molecule has 0 aliphatic carbocycles. The van der Waals surface area contributed by atoms with Gasteiger partial charge in [-0.3, -0.25) is 33.6 Å². The van der Waals surface area contributed by atoms with Crippen molar-refractivity contribution in [3.63, 3.8) is 0 Å². The molecule has 2 heterocycles. The van der Waals surface area contributed by atoms with Crippen molar-refractivity contribution < 1.29 is 33.6 Å². The summed E-state index contributed by atoms with van der Waals surface area (Å²) in [6, 6.07) is -5.67. The fourth-order valence-electron chi connectivity index (χ4n) is 4.07. The molecule has 0 spiro atoms. The molecule has 4 unspecified atom stereocenters. The van der Waals surface area contributed by atoms with Crippen molar-refractivity contribution in [1.29, 1.82) is 0 Å². The lowest BCUT2D eigenvalue weighted by atomic mass is 10.0. The van der Waals surface area contributed by atoms with E-state index >= 15 is 0 Å². The maximum Gasteiger partial charge on any atom is 0.243 e. The van der Waals surface area contributed by atoms with Crippen LogP contribution in [0.4, 0.5) is 0 Å². The Hall–Kier alpha value is -4.50. The van der Waals surface area contributed by atoms with E-state index in [2.05, 4.69) is 41.9 Å². The molecule has 16 heteroatoms. The lowest BCUT2D eigenvalue weighted by Gasteiger charge is -2.27. The second-order valence-electron chi connectivity index (χ2n) is 10.2. The molecule has 1 aromatic rings. The first kappa shape index (κ1) is 32.7. The smallest absolute Gasteiger partial charge is 0.243 e. The lowest BCUT2D eigenvalue weighted by Crippen LogP contribution is -2.59. The molecule has 16 nitrogen and oxygen atoms in total. The zero-order valence-corrected chi connectivity index (χ0v) is 23.5. The Morgan fingerprint density at radius 2 is 1.71 bits per heavy atom. The number of aromatic amines is 1. The molecule has 41 heavy (non-hydrogen) atoms. The average Bonchev–Trinajstić information content (AvgIpc) is 3.40. The molecule has 226 valence electrons. The van der Waals surface area contributed by atoms with Crippen LogP contribution in [0.2, 0.25) is 0 Å². The Morgan fingerprint density at radius 3 is 2.29 bits per heavy atom. The quantitative estimate of drug-likeness (QED) is 0.177. The Labute approximate surface area is 237 Å². The van der Waals surface area contributed by atoms with Gasteiger partial charge in [-0.05, 0) is 25.7 Å². The minimum absolute atomic E-state index is 0.0231. The molecule has 2 rings (SSSR count). The second kappa shape index (κ2) is 15.3. The maximum absolute atomic E-state index is 13.2. The van der Waals surface area contributed by atoms with Gasteiger partial charge in [0.2, 0.25) is 41.4 Å². The number of carbonyl (C=O) groups excluding carboxylic acids is 7. The molecule has 0 radical (unpaired) electrons. The van der Waals surface area contributed by atoms with Gasteiger partial charge in [-0.25, -0.2) is 4.98 Å². The van der Waals surface area contributed by atoms with Crippen LogP contribution in [0.3, 0.4) is 0 Å². The highest BCUT2D eigenvalue weighted by atomic mass is 16.2. The third-order valence-electron chi connectivity index (χ3n) is 6.38. The molecular formula is C25H39N9O7. The van der Waals surface area contributed by atoms with E-state index in [0.29, 0.717) is 5.69 Å². The van der Waals surface area contributed by atoms with E-state index in [-0.39, 0.29) is 32.2 Å². The van der Waals surface area contributed by atoms with Crippen LogP contribution < -0.4 is 37.6 Å². The zero-order valence-electron chi connectivity index (χ0n) is 23.5. The van der Waals surface area contributed by atoms with Crippen LogP contribution >= 0.6 is 0 Å². The summed E-state index contributed by atoms with van der Waals surface area (Å²) in [6.45, 7) is 5.96. The Kier molecular flexibility index (Phi) is 12.2. The monoisotopic (exact) mass is 577 g/mol. The first-order valence-corrected chi connectivity index (χ1v) is 13.3. The van der Waals surface area contributed by atoms with Crippen molar-refractivity contribution in [2.45, 2.75) is 83.6 Å². The third kappa shape index (κ3) is 10.5. The minimum Gasteiger partial charge on any atom is -0.368 e. The van der Waals surface area contributed by atoms with E-state index in [0.717, 1.165) is 0 Å². The van der Waals surface area contributed by atoms with Crippen LogP contribution in [0, 0.1) is 5.92 Å². The number of aromatic nitrogens is 2. The van der Waals surface area contributed by atoms with Crippen LogP contribution in [-0.4, -0.2) is 88.1 Å². The largest absolute Gasteiger partial charge is 0.368 e. The number of carbonyl (C=O) groups is 7. The number of nitrogens with one attached hydrogen (secondary N) is 7. The summed E-state index contributed by atoms with van der Waals surface area (Å²) < 4.78 is 0. The van der Waals surface area contributed by atoms with Gasteiger partial charge in [0.25, 0.3) is 0 Å². The minimum atomic E-state index is -1.19. The van der Waals surface area contributed by atoms with Crippen molar-refractivity contribution in [1.82, 2.24) is 41.9 Å². The fraction of sp³-hybridized carbons (Fsp3) is 0.600. The zero-order chi connectivity index (χ0) is 30.7. The molecule has 0 bridgehead atoms. The van der Waals surface area contributed by atoms with Crippen molar-refractivity contribution in [3.8, 4) is 0 Å². The van der Waals surface area contributed by atoms with Crippen molar-refractivity contribution in [2.75, 3.05) is 6.54 Å². The van der Waals surface area contributed by atoms with Crippen LogP contribution in [0.25, 0.3) is 0 Å². The van der Waals surface area contributed by atoms with Gasteiger partial charge in [-0.2, -0.15) is 0 Å². The van der Waals surface area contributed by atoms with E-state index in [1.165, 1.54) is 26.4 Å². The van der Waals surface area contributed by atoms with Crippen LogP contribution in [-0.2, 0) is 40.0 Å². The molecule has 7 amide bonds. The highest BCUT2D eigenvalue weighted by molar-refractivity contribution is 5.96. The molecule has 1 fully saturated rings. The number of primary amides is 1. The topological polar surface area (TPSA) is 246 Å². The Bertz CT molecular complexity index is 1120. The summed E-state index contributed by atoms with van der Waals surface area (Å²) >= 11 is 0. The van der Waals surface area contributed by atoms with Crippen LogP contribution in [0.15, 0.2) is 12.5 Å². The predicted molar refractivity (Wildman–Crippen MR) is 144 cm³/mol. The van der Waals surface area contributed by atoms with E-state index in [1.54, 1.807) is 13.8 Å². The number of hydrogen-bond acceptors (Lipinski definition) is 8. The normalized spacial score (nSPS) is 25.8. The van der Waals surface area contributed by atoms with Crippen LogP contribution in [0.1, 0.15) is 52.7 Å². The fourth-order valence-corrected chi connectivity index (χ4v) is 4.07. The lowest BCUT2D eigenvalue weighted by molar-refractivity contribution is -0.135. The van der Waals surface area contributed by atoms with E-state index in [4.69, 9.17) is 5.73 Å². The number of imidazole rings is 1. The van der Waals surface area contributed by atoms with Gasteiger partial charge in [0.1, 0.15) is 30.2 Å². The molecule has 9 N–H and O–H groups in total. The van der Waals surface area contributed by atoms with Gasteiger partial charge in [0.05, 0.1) is 6.33 Å². The molecule has 0 saturated carbocycles. The number of H-pyrrole nitrogens is 1. The first-order valence-electron chi connectivity index (χ1n) is 13.3. The summed E-state index contributed by atoms with van der Waals surface area (Å²) in [4.78, 5) is 95.3. The van der Waals surface area contributed by atoms with E-state index in [9.17, 15) is 33.6 Å². The molecule has 1 saturated heterocycles. The number of nitrogens with zero attached hydrogens (tertiary/aromatic N) is 1. The third-order valence-corrected chi connectivity index (χ3v) is 6.38. The first-order chi connectivity index (χ1) is 19.3. The van der Waals surface area contributed by atoms with Gasteiger partial charge < -0.3 is 42.6 Å². The second-order valence-corrected chi connectivity index (χ2v) is 10.2. The summed E-state index contributed by atoms with van der Waals surface area (Å²) in [5.74, 6) is -5.02. The summed E-state index contributed by atoms with van der Waals surface area (Å²) in [5, 5.41) is 15.3. The molecule has 0 aromatic carbocycles. The van der Waals surface area contributed by atoms with Gasteiger partial charge in [0, 0.05) is 38.2 Å². The van der Waals surface area contributed by atoms with Gasteiger partial charge in [-0.15, -0.1) is 0 Å². The van der Waals surface area contributed by atoms with Crippen molar-refractivity contribution in [2.24, 2.45) is 11.7 Å². The highest BCUT2D eigenvalue weighted by Crippen LogP contribution is 2.07. The van der Waals surface area contributed by atoms with Gasteiger partial charge >= 0.3 is 0 Å². The van der Waals surface area contributed by atoms with Crippen molar-refractivity contribution >= 4 is 41.4 Å². The number of hydrogen-bond donors (Lipinski definition) is 8. The van der Waals surface area contributed by atoms with Crippen LogP contribution in [0.5, 0.6) is 0 Å². The van der Waals surface area contributed by atoms with Gasteiger partial charge in [0.15, 0.2) is 0 Å². The predicted octanol–water partition coefficient (Wildman–Crippen LogP) is -3.14. The highest BCUT2D eigenvalue weighted by Gasteiger charge is 2.32. The molecule has 1 aromatic heterocycles. The molecule has 5 atom stereocenters. The Balaban J connectivity index is 2.37. The number of amides is 7. The van der Waals surface area contributed by atoms with Crippen molar-refractivity contribution in [3.05, 3.63) is 18.2 Å². The van der Waals surface area contributed by atoms with Gasteiger partial charge in [-0.1, -0.05) is 13.8 Å². The molecular weight excluding hydrogens is 538 g/mol. The Morgan fingerprint density at radius 1 is 1.00 bits per heavy atom. The summed E-state index contributed by atoms with van der Waals surface area (Å²) in [5.41, 5.74) is 5.95. The number of rotatable bonds is 5. The molecule has 1 aliphatic heterocycles. The SMILES string of the molecule is CC(=O)NC1CCC(=O)NCCC(C(N)=O)NC(=O)[C@H](C(C)C)NC(=O)C(C)NC(=O)C(Cc2cnc[nH]2)NC1=O. The standard InChI is InChI=1S/C25H39N9O7/c1-12(2)20-25(41)32-16(21(26)37)7-8-28-19(36)6-5-17(31-14(4)35)23(39)33-18(9-15-10-27-11-29-15)24(40)30-13(3)22(38)34-20/h10-13,16-18,20H,5-9H2,1-4H3,(H2,26,37)(H,27,29)(H,28,36)(H,30,40)(H,31,35)(H,32,41)(H,33,39)(H,34,38)/t13?,16?,17?,18?,20-/m0/s1. The average molecular weight is 578 g/mol. The van der Waals surface area contributed by atoms with E-state index in [1.807, 2.05) is 0 Å². The van der Waals surface area contributed by atoms with E-state index < -0.39 is 77.5 Å². The number of nitrogens with two attached hydrogens (primary N) is 1. The molecule has 1 aliphatic rings. The maximum atomic E-state index is 13.2. The summed E-state index contributed by atoms with van der Waals surface area (Å²) in [6.07, 6.45) is 2.54.